The molecule has 0 spiro atoms. The standard InChI is InChI=1S/C30H30O4/c31-29(32)27-25(21-14-6-2-7-15-21)28(26(27)22-16-8-3-9-17-22)30(33)34-24-19-11-10-18-23(24)20-12-4-1-5-13-20/h1-9,12-17,23-28H,10-11,18-19H2,(H,31,32)/t23-,24+,25+,26+,27?,28?/m1/s1. The van der Waals surface area contributed by atoms with Crippen LogP contribution >= 0.6 is 0 Å². The van der Waals surface area contributed by atoms with Gasteiger partial charge in [0.15, 0.2) is 0 Å². The van der Waals surface area contributed by atoms with E-state index in [1.807, 2.05) is 78.9 Å². The van der Waals surface area contributed by atoms with Gasteiger partial charge in [0.2, 0.25) is 0 Å². The van der Waals surface area contributed by atoms with Crippen molar-refractivity contribution in [1.29, 1.82) is 0 Å². The highest BCUT2D eigenvalue weighted by atomic mass is 16.5. The molecule has 0 aromatic heterocycles. The van der Waals surface area contributed by atoms with Gasteiger partial charge in [-0.3, -0.25) is 9.59 Å². The third-order valence-corrected chi connectivity index (χ3v) is 7.67. The van der Waals surface area contributed by atoms with Gasteiger partial charge in [-0.15, -0.1) is 0 Å². The molecule has 2 saturated carbocycles. The van der Waals surface area contributed by atoms with Gasteiger partial charge in [-0.05, 0) is 36.0 Å². The van der Waals surface area contributed by atoms with E-state index in [0.29, 0.717) is 0 Å². The number of ether oxygens (including phenoxy) is 1. The van der Waals surface area contributed by atoms with Crippen LogP contribution in [0.25, 0.3) is 0 Å². The Balaban J connectivity index is 1.46. The van der Waals surface area contributed by atoms with E-state index in [1.54, 1.807) is 0 Å². The summed E-state index contributed by atoms with van der Waals surface area (Å²) >= 11 is 0. The molecule has 4 atom stereocenters. The second kappa shape index (κ2) is 9.84. The molecule has 0 bridgehead atoms. The van der Waals surface area contributed by atoms with E-state index in [0.717, 1.165) is 36.8 Å². The van der Waals surface area contributed by atoms with Gasteiger partial charge >= 0.3 is 11.9 Å². The number of esters is 1. The third-order valence-electron chi connectivity index (χ3n) is 7.67. The van der Waals surface area contributed by atoms with Gasteiger partial charge in [0.05, 0.1) is 11.8 Å². The highest BCUT2D eigenvalue weighted by molar-refractivity contribution is 5.84. The van der Waals surface area contributed by atoms with Crippen LogP contribution in [0.1, 0.15) is 60.1 Å². The molecule has 1 N–H and O–H groups in total. The number of benzene rings is 3. The fraction of sp³-hybridized carbons (Fsp3) is 0.333. The van der Waals surface area contributed by atoms with Gasteiger partial charge in [-0.25, -0.2) is 0 Å². The van der Waals surface area contributed by atoms with Gasteiger partial charge in [0.25, 0.3) is 0 Å². The molecule has 0 radical (unpaired) electrons. The van der Waals surface area contributed by atoms with Crippen LogP contribution in [-0.4, -0.2) is 23.1 Å². The summed E-state index contributed by atoms with van der Waals surface area (Å²) in [7, 11) is 0. The molecule has 2 fully saturated rings. The quantitative estimate of drug-likeness (QED) is 0.454. The van der Waals surface area contributed by atoms with Crippen LogP contribution in [0.4, 0.5) is 0 Å². The second-order valence-corrected chi connectivity index (χ2v) is 9.54. The van der Waals surface area contributed by atoms with Crippen molar-refractivity contribution in [3.8, 4) is 0 Å². The summed E-state index contributed by atoms with van der Waals surface area (Å²) in [5.41, 5.74) is 2.97. The first kappa shape index (κ1) is 22.4. The van der Waals surface area contributed by atoms with Crippen molar-refractivity contribution in [3.63, 3.8) is 0 Å². The van der Waals surface area contributed by atoms with Crippen molar-refractivity contribution in [2.24, 2.45) is 11.8 Å². The Morgan fingerprint density at radius 1 is 0.647 bits per heavy atom. The van der Waals surface area contributed by atoms with Gasteiger partial charge in [-0.1, -0.05) is 97.4 Å². The summed E-state index contributed by atoms with van der Waals surface area (Å²) in [6.07, 6.45) is 3.81. The number of rotatable bonds is 6. The lowest BCUT2D eigenvalue weighted by atomic mass is 9.52. The van der Waals surface area contributed by atoms with Gasteiger partial charge in [0, 0.05) is 17.8 Å². The lowest BCUT2D eigenvalue weighted by Crippen LogP contribution is -2.52. The molecule has 5 rings (SSSR count). The van der Waals surface area contributed by atoms with Crippen LogP contribution in [0.3, 0.4) is 0 Å². The van der Waals surface area contributed by atoms with Crippen molar-refractivity contribution in [2.75, 3.05) is 0 Å². The smallest absolute Gasteiger partial charge is 0.310 e. The minimum atomic E-state index is -0.869. The Bertz CT molecular complexity index is 1060. The van der Waals surface area contributed by atoms with Crippen molar-refractivity contribution >= 4 is 11.9 Å². The molecule has 3 aromatic rings. The zero-order valence-corrected chi connectivity index (χ0v) is 19.1. The van der Waals surface area contributed by atoms with Crippen LogP contribution in [0.2, 0.25) is 0 Å². The number of aliphatic carboxylic acids is 1. The van der Waals surface area contributed by atoms with E-state index in [4.69, 9.17) is 4.74 Å². The van der Waals surface area contributed by atoms with E-state index in [9.17, 15) is 14.7 Å². The molecular formula is C30H30O4. The third kappa shape index (κ3) is 4.25. The molecule has 4 heteroatoms. The predicted octanol–water partition coefficient (Wildman–Crippen LogP) is 6.15. The van der Waals surface area contributed by atoms with Crippen molar-refractivity contribution < 1.29 is 19.4 Å². The predicted molar refractivity (Wildman–Crippen MR) is 131 cm³/mol. The Labute approximate surface area is 200 Å². The molecule has 0 heterocycles. The van der Waals surface area contributed by atoms with Crippen LogP contribution in [-0.2, 0) is 14.3 Å². The molecule has 2 aliphatic rings. The van der Waals surface area contributed by atoms with E-state index < -0.39 is 29.6 Å². The lowest BCUT2D eigenvalue weighted by molar-refractivity contribution is -0.170. The van der Waals surface area contributed by atoms with E-state index >= 15 is 0 Å². The number of carboxylic acids is 1. The number of carboxylic acid groups (broad SMARTS) is 1. The molecule has 0 unspecified atom stereocenters. The minimum Gasteiger partial charge on any atom is -0.481 e. The van der Waals surface area contributed by atoms with Crippen molar-refractivity contribution in [1.82, 2.24) is 0 Å². The normalized spacial score (nSPS) is 28.5. The second-order valence-electron chi connectivity index (χ2n) is 9.54. The first-order chi connectivity index (χ1) is 16.6. The molecule has 3 aromatic carbocycles. The van der Waals surface area contributed by atoms with Crippen LogP contribution in [0.15, 0.2) is 91.0 Å². The summed E-state index contributed by atoms with van der Waals surface area (Å²) in [4.78, 5) is 26.2. The molecule has 0 aliphatic heterocycles. The maximum absolute atomic E-state index is 13.8. The first-order valence-corrected chi connectivity index (χ1v) is 12.2. The fourth-order valence-electron chi connectivity index (χ4n) is 6.08. The molecule has 4 nitrogen and oxygen atoms in total. The van der Waals surface area contributed by atoms with Gasteiger partial charge < -0.3 is 9.84 Å². The molecule has 0 amide bonds. The monoisotopic (exact) mass is 454 g/mol. The van der Waals surface area contributed by atoms with Crippen LogP contribution in [0, 0.1) is 11.8 Å². The zero-order valence-electron chi connectivity index (χ0n) is 19.1. The summed E-state index contributed by atoms with van der Waals surface area (Å²) in [6, 6.07) is 29.4. The molecule has 2 aliphatic carbocycles. The van der Waals surface area contributed by atoms with E-state index in [1.165, 1.54) is 5.56 Å². The Hall–Kier alpha value is -3.40. The highest BCUT2D eigenvalue weighted by Gasteiger charge is 2.59. The van der Waals surface area contributed by atoms with Gasteiger partial charge in [-0.2, -0.15) is 0 Å². The molecular weight excluding hydrogens is 424 g/mol. The number of hydrogen-bond acceptors (Lipinski definition) is 3. The summed E-state index contributed by atoms with van der Waals surface area (Å²) in [5.74, 6) is -2.97. The number of carbonyl (C=O) groups is 2. The van der Waals surface area contributed by atoms with E-state index in [2.05, 4.69) is 12.1 Å². The highest BCUT2D eigenvalue weighted by Crippen LogP contribution is 2.58. The average Bonchev–Trinajstić information content (AvgIpc) is 2.85. The largest absolute Gasteiger partial charge is 0.481 e. The first-order valence-electron chi connectivity index (χ1n) is 12.2. The minimum absolute atomic E-state index is 0.180. The lowest BCUT2D eigenvalue weighted by Gasteiger charge is -2.49. The number of hydrogen-bond donors (Lipinski definition) is 1. The molecule has 34 heavy (non-hydrogen) atoms. The van der Waals surface area contributed by atoms with Crippen LogP contribution < -0.4 is 0 Å². The molecule has 174 valence electrons. The van der Waals surface area contributed by atoms with Gasteiger partial charge in [0.1, 0.15) is 6.10 Å². The number of carbonyl (C=O) groups excluding carboxylic acids is 1. The Morgan fingerprint density at radius 2 is 1.12 bits per heavy atom. The zero-order chi connectivity index (χ0) is 23.5. The average molecular weight is 455 g/mol. The molecule has 0 saturated heterocycles. The maximum atomic E-state index is 13.8. The fourth-order valence-corrected chi connectivity index (χ4v) is 6.08. The Morgan fingerprint density at radius 3 is 1.62 bits per heavy atom. The topological polar surface area (TPSA) is 63.6 Å². The van der Waals surface area contributed by atoms with E-state index in [-0.39, 0.29) is 18.0 Å². The Kier molecular flexibility index (Phi) is 6.48. The van der Waals surface area contributed by atoms with Crippen molar-refractivity contribution in [2.45, 2.75) is 49.5 Å². The SMILES string of the molecule is O=C(O)C1[C@H](c2ccccc2)C(C(=O)O[C@H]2CCCC[C@@H]2c2ccccc2)[C@H]1c1ccccc1. The maximum Gasteiger partial charge on any atom is 0.310 e. The van der Waals surface area contributed by atoms with Crippen LogP contribution in [0.5, 0.6) is 0 Å². The summed E-state index contributed by atoms with van der Waals surface area (Å²) < 4.78 is 6.26. The summed E-state index contributed by atoms with van der Waals surface area (Å²) in [5, 5.41) is 10.2. The van der Waals surface area contributed by atoms with Crippen molar-refractivity contribution in [3.05, 3.63) is 108 Å². The summed E-state index contributed by atoms with van der Waals surface area (Å²) in [6.45, 7) is 0.